The average molecular weight is 282 g/mol. The fourth-order valence-corrected chi connectivity index (χ4v) is 2.45. The zero-order valence-electron chi connectivity index (χ0n) is 12.4. The number of aromatic nitrogens is 2. The van der Waals surface area contributed by atoms with Crippen LogP contribution in [0.2, 0.25) is 0 Å². The maximum absolute atomic E-state index is 12.2. The van der Waals surface area contributed by atoms with Gasteiger partial charge in [-0.05, 0) is 40.5 Å². The number of amides is 1. The molecule has 2 heterocycles. The van der Waals surface area contributed by atoms with Gasteiger partial charge in [0.05, 0.1) is 5.92 Å². The normalized spacial score (nSPS) is 23.7. The van der Waals surface area contributed by atoms with Crippen LogP contribution in [-0.2, 0) is 4.74 Å². The van der Waals surface area contributed by atoms with Gasteiger partial charge in [-0.1, -0.05) is 5.10 Å². The fraction of sp³-hybridized carbons (Fsp3) is 0.769. The highest BCUT2D eigenvalue weighted by molar-refractivity contribution is 5.68. The topological polar surface area (TPSA) is 94.5 Å². The molecule has 1 aromatic rings. The highest BCUT2D eigenvalue weighted by Gasteiger charge is 2.36. The molecular weight excluding hydrogens is 260 g/mol. The maximum atomic E-state index is 12.2. The van der Waals surface area contributed by atoms with Crippen molar-refractivity contribution < 1.29 is 13.9 Å². The van der Waals surface area contributed by atoms with Crippen LogP contribution in [0.3, 0.4) is 0 Å². The summed E-state index contributed by atoms with van der Waals surface area (Å²) in [4.78, 5) is 13.9. The second-order valence-corrected chi connectivity index (χ2v) is 6.14. The minimum absolute atomic E-state index is 0.000989. The van der Waals surface area contributed by atoms with E-state index in [1.54, 1.807) is 4.90 Å². The maximum Gasteiger partial charge on any atom is 0.410 e. The van der Waals surface area contributed by atoms with Gasteiger partial charge in [0.1, 0.15) is 5.60 Å². The van der Waals surface area contributed by atoms with Crippen molar-refractivity contribution in [2.24, 2.45) is 0 Å². The molecule has 7 nitrogen and oxygen atoms in total. The van der Waals surface area contributed by atoms with E-state index in [9.17, 15) is 4.79 Å². The average Bonchev–Trinajstić information content (AvgIpc) is 2.73. The molecule has 0 saturated carbocycles. The standard InChI is InChI=1S/C13H22N4O3/c1-8-9(10-15-16-11(14)19-10)6-5-7-17(8)12(18)20-13(2,3)4/h8-9H,5-7H2,1-4H3,(H2,14,16)/t8-,9-/m0/s1. The number of anilines is 1. The molecule has 20 heavy (non-hydrogen) atoms. The molecule has 1 saturated heterocycles. The lowest BCUT2D eigenvalue weighted by atomic mass is 9.90. The summed E-state index contributed by atoms with van der Waals surface area (Å²) in [5.74, 6) is 0.490. The van der Waals surface area contributed by atoms with Gasteiger partial charge in [-0.3, -0.25) is 0 Å². The third-order valence-electron chi connectivity index (χ3n) is 3.39. The van der Waals surface area contributed by atoms with E-state index in [4.69, 9.17) is 14.9 Å². The summed E-state index contributed by atoms with van der Waals surface area (Å²) >= 11 is 0. The summed E-state index contributed by atoms with van der Waals surface area (Å²) in [5, 5.41) is 7.62. The molecule has 7 heteroatoms. The summed E-state index contributed by atoms with van der Waals surface area (Å²) in [6.07, 6.45) is 1.46. The summed E-state index contributed by atoms with van der Waals surface area (Å²) in [6, 6.07) is 0.0000384. The van der Waals surface area contributed by atoms with E-state index in [2.05, 4.69) is 10.2 Å². The van der Waals surface area contributed by atoms with E-state index in [-0.39, 0.29) is 24.1 Å². The Bertz CT molecular complexity index is 480. The van der Waals surface area contributed by atoms with Gasteiger partial charge >= 0.3 is 12.1 Å². The van der Waals surface area contributed by atoms with Crippen LogP contribution in [0.25, 0.3) is 0 Å². The molecule has 2 rings (SSSR count). The summed E-state index contributed by atoms with van der Waals surface area (Å²) in [7, 11) is 0. The summed E-state index contributed by atoms with van der Waals surface area (Å²) < 4.78 is 10.7. The minimum atomic E-state index is -0.501. The summed E-state index contributed by atoms with van der Waals surface area (Å²) in [6.45, 7) is 8.21. The quantitative estimate of drug-likeness (QED) is 0.848. The number of hydrogen-bond donors (Lipinski definition) is 1. The Morgan fingerprint density at radius 1 is 1.45 bits per heavy atom. The number of carbonyl (C=O) groups is 1. The largest absolute Gasteiger partial charge is 0.444 e. The second-order valence-electron chi connectivity index (χ2n) is 6.14. The molecule has 0 spiro atoms. The molecule has 0 radical (unpaired) electrons. The number of nitrogens with zero attached hydrogens (tertiary/aromatic N) is 3. The SMILES string of the molecule is C[C@H]1[C@@H](c2nnc(N)o2)CCCN1C(=O)OC(C)(C)C. The molecule has 0 aliphatic carbocycles. The van der Waals surface area contributed by atoms with Crippen LogP contribution in [0, 0.1) is 0 Å². The van der Waals surface area contributed by atoms with Crippen LogP contribution in [0.15, 0.2) is 4.42 Å². The molecule has 1 aliphatic heterocycles. The lowest BCUT2D eigenvalue weighted by molar-refractivity contribution is 0.00762. The van der Waals surface area contributed by atoms with Crippen molar-refractivity contribution in [2.45, 2.75) is 58.1 Å². The predicted molar refractivity (Wildman–Crippen MR) is 73.1 cm³/mol. The second kappa shape index (κ2) is 5.30. The zero-order valence-corrected chi connectivity index (χ0v) is 12.4. The van der Waals surface area contributed by atoms with Gasteiger partial charge in [-0.2, -0.15) is 0 Å². The van der Waals surface area contributed by atoms with Gasteiger partial charge in [0, 0.05) is 12.6 Å². The van der Waals surface area contributed by atoms with Crippen molar-refractivity contribution in [1.82, 2.24) is 15.1 Å². The highest BCUT2D eigenvalue weighted by Crippen LogP contribution is 2.32. The Hall–Kier alpha value is -1.79. The van der Waals surface area contributed by atoms with E-state index in [0.717, 1.165) is 12.8 Å². The van der Waals surface area contributed by atoms with Gasteiger partial charge in [-0.25, -0.2) is 4.79 Å². The molecular formula is C13H22N4O3. The Morgan fingerprint density at radius 3 is 2.70 bits per heavy atom. The Morgan fingerprint density at radius 2 is 2.15 bits per heavy atom. The number of rotatable bonds is 1. The van der Waals surface area contributed by atoms with Crippen LogP contribution in [-0.4, -0.2) is 39.4 Å². The number of ether oxygens (including phenoxy) is 1. The first-order valence-electron chi connectivity index (χ1n) is 6.86. The van der Waals surface area contributed by atoms with Crippen LogP contribution < -0.4 is 5.73 Å². The van der Waals surface area contributed by atoms with Crippen LogP contribution in [0.5, 0.6) is 0 Å². The molecule has 2 atom stereocenters. The number of nitrogen functional groups attached to an aromatic ring is 1. The van der Waals surface area contributed by atoms with Crippen molar-refractivity contribution in [3.8, 4) is 0 Å². The molecule has 1 aliphatic rings. The first kappa shape index (κ1) is 14.6. The first-order valence-corrected chi connectivity index (χ1v) is 6.86. The van der Waals surface area contributed by atoms with E-state index in [1.165, 1.54) is 0 Å². The number of hydrogen-bond acceptors (Lipinski definition) is 6. The molecule has 112 valence electrons. The molecule has 1 aromatic heterocycles. The molecule has 1 fully saturated rings. The molecule has 1 amide bonds. The van der Waals surface area contributed by atoms with Crippen LogP contribution in [0.1, 0.15) is 52.3 Å². The Kier molecular flexibility index (Phi) is 3.87. The number of piperidine rings is 1. The smallest absolute Gasteiger partial charge is 0.410 e. The zero-order chi connectivity index (χ0) is 14.9. The summed E-state index contributed by atoms with van der Waals surface area (Å²) in [5.41, 5.74) is 4.96. The van der Waals surface area contributed by atoms with Crippen molar-refractivity contribution in [2.75, 3.05) is 12.3 Å². The molecule has 0 unspecified atom stereocenters. The lowest BCUT2D eigenvalue weighted by Crippen LogP contribution is -2.48. The monoisotopic (exact) mass is 282 g/mol. The van der Waals surface area contributed by atoms with Gasteiger partial charge in [0.2, 0.25) is 5.89 Å². The molecule has 0 aromatic carbocycles. The van der Waals surface area contributed by atoms with E-state index >= 15 is 0 Å². The number of nitrogens with two attached hydrogens (primary N) is 1. The van der Waals surface area contributed by atoms with Crippen molar-refractivity contribution in [3.05, 3.63) is 5.89 Å². The first-order chi connectivity index (χ1) is 9.28. The van der Waals surface area contributed by atoms with Gasteiger partial charge < -0.3 is 19.8 Å². The fourth-order valence-electron chi connectivity index (χ4n) is 2.45. The van der Waals surface area contributed by atoms with Crippen LogP contribution >= 0.6 is 0 Å². The van der Waals surface area contributed by atoms with Crippen molar-refractivity contribution in [1.29, 1.82) is 0 Å². The third kappa shape index (κ3) is 3.20. The lowest BCUT2D eigenvalue weighted by Gasteiger charge is -2.38. The molecule has 2 N–H and O–H groups in total. The third-order valence-corrected chi connectivity index (χ3v) is 3.39. The minimum Gasteiger partial charge on any atom is -0.444 e. The van der Waals surface area contributed by atoms with Crippen LogP contribution in [0.4, 0.5) is 10.8 Å². The van der Waals surface area contributed by atoms with Crippen molar-refractivity contribution >= 4 is 12.1 Å². The van der Waals surface area contributed by atoms with E-state index in [1.807, 2.05) is 27.7 Å². The van der Waals surface area contributed by atoms with Gasteiger partial charge in [0.25, 0.3) is 0 Å². The molecule has 0 bridgehead atoms. The van der Waals surface area contributed by atoms with Crippen molar-refractivity contribution in [3.63, 3.8) is 0 Å². The van der Waals surface area contributed by atoms with Gasteiger partial charge in [0.15, 0.2) is 0 Å². The number of likely N-dealkylation sites (tertiary alicyclic amines) is 1. The predicted octanol–water partition coefficient (Wildman–Crippen LogP) is 2.15. The van der Waals surface area contributed by atoms with E-state index in [0.29, 0.717) is 12.4 Å². The highest BCUT2D eigenvalue weighted by atomic mass is 16.6. The van der Waals surface area contributed by atoms with Gasteiger partial charge in [-0.15, -0.1) is 5.10 Å². The van der Waals surface area contributed by atoms with E-state index < -0.39 is 5.60 Å². The number of carbonyl (C=O) groups excluding carboxylic acids is 1. The Labute approximate surface area is 118 Å². The Balaban J connectivity index is 2.10.